The highest BCUT2D eigenvalue weighted by Crippen LogP contribution is 2.33. The van der Waals surface area contributed by atoms with Crippen molar-refractivity contribution in [2.45, 2.75) is 25.5 Å². The molecular weight excluding hydrogens is 389 g/mol. The fourth-order valence-electron chi connectivity index (χ4n) is 2.51. The number of halogens is 2. The number of carbonyl (C=O) groups excluding carboxylic acids is 1. The van der Waals surface area contributed by atoms with Crippen LogP contribution in [-0.2, 0) is 4.79 Å². The molecule has 1 unspecified atom stereocenters. The molecule has 0 N–H and O–H groups in total. The molecule has 1 fully saturated rings. The fraction of sp³-hybridized carbons (Fsp3) is 0.211. The molecule has 0 spiro atoms. The van der Waals surface area contributed by atoms with Crippen molar-refractivity contribution in [3.8, 4) is 0 Å². The van der Waals surface area contributed by atoms with Gasteiger partial charge in [0.05, 0.1) is 26.7 Å². The van der Waals surface area contributed by atoms with Crippen LogP contribution in [0.4, 0.5) is 5.69 Å². The van der Waals surface area contributed by atoms with Crippen LogP contribution < -0.4 is 4.90 Å². The summed E-state index contributed by atoms with van der Waals surface area (Å²) in [4.78, 5) is 14.3. The first-order valence-corrected chi connectivity index (χ1v) is 9.78. The van der Waals surface area contributed by atoms with Crippen LogP contribution in [-0.4, -0.2) is 22.0 Å². The smallest absolute Gasteiger partial charge is 0.246 e. The van der Waals surface area contributed by atoms with E-state index in [1.807, 2.05) is 50.2 Å². The number of anilines is 1. The lowest BCUT2D eigenvalue weighted by atomic mass is 10.1. The van der Waals surface area contributed by atoms with Gasteiger partial charge in [-0.1, -0.05) is 66.2 Å². The molecule has 1 heterocycles. The molecule has 0 aromatic heterocycles. The maximum atomic E-state index is 12.7. The molecule has 1 amide bonds. The predicted octanol–water partition coefficient (Wildman–Crippen LogP) is 5.63. The second-order valence-electron chi connectivity index (χ2n) is 5.72. The van der Waals surface area contributed by atoms with Gasteiger partial charge in [-0.05, 0) is 43.2 Å². The van der Waals surface area contributed by atoms with Crippen LogP contribution in [0, 0.1) is 0 Å². The van der Waals surface area contributed by atoms with E-state index in [0.29, 0.717) is 20.9 Å². The van der Waals surface area contributed by atoms with Crippen LogP contribution in [0.25, 0.3) is 0 Å². The number of benzene rings is 2. The lowest BCUT2D eigenvalue weighted by Crippen LogP contribution is -2.31. The second kappa shape index (κ2) is 8.25. The lowest BCUT2D eigenvalue weighted by molar-refractivity contribution is -0.116. The minimum absolute atomic E-state index is 0.0323. The molecule has 1 aliphatic rings. The van der Waals surface area contributed by atoms with Gasteiger partial charge in [0.2, 0.25) is 5.91 Å². The Morgan fingerprint density at radius 3 is 2.54 bits per heavy atom. The van der Waals surface area contributed by atoms with Crippen LogP contribution in [0.5, 0.6) is 0 Å². The molecule has 2 aromatic rings. The van der Waals surface area contributed by atoms with Crippen molar-refractivity contribution in [3.63, 3.8) is 0 Å². The van der Waals surface area contributed by atoms with Crippen molar-refractivity contribution in [1.82, 2.24) is 0 Å². The van der Waals surface area contributed by atoms with Gasteiger partial charge < -0.3 is 0 Å². The zero-order chi connectivity index (χ0) is 18.7. The highest BCUT2D eigenvalue weighted by atomic mass is 35.5. The van der Waals surface area contributed by atoms with E-state index in [0.717, 1.165) is 17.7 Å². The van der Waals surface area contributed by atoms with Crippen LogP contribution in [0.2, 0.25) is 10.0 Å². The third-order valence-electron chi connectivity index (χ3n) is 3.94. The number of carbonyl (C=O) groups is 1. The molecule has 0 radical (unpaired) electrons. The SMILES string of the molecule is CCC1S/C(=N/N=C(\C)c2ccc(Cl)c(Cl)c2)N(c2ccccc2)C1=O. The predicted molar refractivity (Wildman–Crippen MR) is 112 cm³/mol. The molecule has 0 aliphatic carbocycles. The van der Waals surface area contributed by atoms with Crippen LogP contribution in [0.3, 0.4) is 0 Å². The maximum Gasteiger partial charge on any atom is 0.246 e. The van der Waals surface area contributed by atoms with E-state index in [-0.39, 0.29) is 11.2 Å². The Bertz CT molecular complexity index is 884. The summed E-state index contributed by atoms with van der Waals surface area (Å²) >= 11 is 13.5. The van der Waals surface area contributed by atoms with E-state index in [4.69, 9.17) is 23.2 Å². The maximum absolute atomic E-state index is 12.7. The third kappa shape index (κ3) is 3.95. The van der Waals surface area contributed by atoms with Crippen molar-refractivity contribution in [2.24, 2.45) is 10.2 Å². The molecule has 134 valence electrons. The van der Waals surface area contributed by atoms with Crippen LogP contribution in [0.15, 0.2) is 58.7 Å². The number of hydrogen-bond acceptors (Lipinski definition) is 4. The summed E-state index contributed by atoms with van der Waals surface area (Å²) < 4.78 is 0. The first-order chi connectivity index (χ1) is 12.5. The summed E-state index contributed by atoms with van der Waals surface area (Å²) in [6.07, 6.45) is 0.737. The Morgan fingerprint density at radius 2 is 1.88 bits per heavy atom. The Balaban J connectivity index is 1.94. The molecule has 2 aromatic carbocycles. The minimum Gasteiger partial charge on any atom is -0.273 e. The second-order valence-corrected chi connectivity index (χ2v) is 7.71. The Hall–Kier alpha value is -1.82. The summed E-state index contributed by atoms with van der Waals surface area (Å²) in [5.74, 6) is 0.0323. The van der Waals surface area contributed by atoms with E-state index < -0.39 is 0 Å². The lowest BCUT2D eigenvalue weighted by Gasteiger charge is -2.15. The van der Waals surface area contributed by atoms with Crippen molar-refractivity contribution < 1.29 is 4.79 Å². The molecule has 1 aliphatic heterocycles. The zero-order valence-electron chi connectivity index (χ0n) is 14.3. The van der Waals surface area contributed by atoms with Crippen molar-refractivity contribution in [2.75, 3.05) is 4.90 Å². The summed E-state index contributed by atoms with van der Waals surface area (Å²) in [6.45, 7) is 3.83. The standard InChI is InChI=1S/C19H17Cl2N3OS/c1-3-17-18(25)24(14-7-5-4-6-8-14)19(26-17)23-22-12(2)13-9-10-15(20)16(21)11-13/h4-11,17H,3H2,1-2H3/b22-12+,23-19+. The molecule has 1 atom stereocenters. The Morgan fingerprint density at radius 1 is 1.15 bits per heavy atom. The average molecular weight is 406 g/mol. The first kappa shape index (κ1) is 19.0. The Labute approximate surface area is 166 Å². The van der Waals surface area contributed by atoms with Gasteiger partial charge in [0.15, 0.2) is 5.17 Å². The fourth-order valence-corrected chi connectivity index (χ4v) is 3.82. The molecular formula is C19H17Cl2N3OS. The van der Waals surface area contributed by atoms with Crippen LogP contribution >= 0.6 is 35.0 Å². The van der Waals surface area contributed by atoms with Gasteiger partial charge in [-0.2, -0.15) is 5.10 Å². The van der Waals surface area contributed by atoms with E-state index in [2.05, 4.69) is 10.2 Å². The number of thioether (sulfide) groups is 1. The average Bonchev–Trinajstić information content (AvgIpc) is 2.98. The van der Waals surface area contributed by atoms with Gasteiger partial charge in [-0.3, -0.25) is 9.69 Å². The van der Waals surface area contributed by atoms with E-state index in [9.17, 15) is 4.79 Å². The van der Waals surface area contributed by atoms with Crippen molar-refractivity contribution in [1.29, 1.82) is 0 Å². The molecule has 26 heavy (non-hydrogen) atoms. The molecule has 4 nitrogen and oxygen atoms in total. The van der Waals surface area contributed by atoms with Gasteiger partial charge >= 0.3 is 0 Å². The summed E-state index contributed by atoms with van der Waals surface area (Å²) in [5, 5.41) is 10.1. The third-order valence-corrected chi connectivity index (χ3v) is 5.98. The van der Waals surface area contributed by atoms with Gasteiger partial charge in [0.25, 0.3) is 0 Å². The Kier molecular flexibility index (Phi) is 6.01. The summed E-state index contributed by atoms with van der Waals surface area (Å²) in [7, 11) is 0. The van der Waals surface area contributed by atoms with Crippen LogP contribution in [0.1, 0.15) is 25.8 Å². The minimum atomic E-state index is -0.144. The van der Waals surface area contributed by atoms with Crippen molar-refractivity contribution >= 4 is 57.4 Å². The molecule has 7 heteroatoms. The number of rotatable bonds is 4. The highest BCUT2D eigenvalue weighted by Gasteiger charge is 2.38. The summed E-state index contributed by atoms with van der Waals surface area (Å²) in [5.41, 5.74) is 2.32. The molecule has 0 saturated carbocycles. The van der Waals surface area contributed by atoms with E-state index in [1.54, 1.807) is 17.0 Å². The first-order valence-electron chi connectivity index (χ1n) is 8.14. The van der Waals surface area contributed by atoms with Gasteiger partial charge in [-0.15, -0.1) is 5.10 Å². The van der Waals surface area contributed by atoms with Gasteiger partial charge in [0, 0.05) is 0 Å². The van der Waals surface area contributed by atoms with Gasteiger partial charge in [0.1, 0.15) is 0 Å². The quantitative estimate of drug-likeness (QED) is 0.488. The number of hydrogen-bond donors (Lipinski definition) is 0. The molecule has 1 saturated heterocycles. The van der Waals surface area contributed by atoms with Crippen molar-refractivity contribution in [3.05, 3.63) is 64.1 Å². The number of nitrogens with zero attached hydrogens (tertiary/aromatic N) is 3. The normalized spacial score (nSPS) is 19.5. The largest absolute Gasteiger partial charge is 0.273 e. The monoisotopic (exact) mass is 405 g/mol. The van der Waals surface area contributed by atoms with E-state index in [1.165, 1.54) is 11.8 Å². The topological polar surface area (TPSA) is 45.0 Å². The highest BCUT2D eigenvalue weighted by molar-refractivity contribution is 8.16. The van der Waals surface area contributed by atoms with E-state index >= 15 is 0 Å². The molecule has 0 bridgehead atoms. The summed E-state index contributed by atoms with van der Waals surface area (Å²) in [6, 6.07) is 14.8. The number of amides is 1. The van der Waals surface area contributed by atoms with Gasteiger partial charge in [-0.25, -0.2) is 0 Å². The number of amidine groups is 1. The number of para-hydroxylation sites is 1. The zero-order valence-corrected chi connectivity index (χ0v) is 16.6. The molecule has 3 rings (SSSR count).